The van der Waals surface area contributed by atoms with Crippen LogP contribution in [0.3, 0.4) is 0 Å². The first kappa shape index (κ1) is 17.5. The monoisotopic (exact) mass is 358 g/mol. The Labute approximate surface area is 150 Å². The van der Waals surface area contributed by atoms with Gasteiger partial charge in [-0.25, -0.2) is 4.98 Å². The fourth-order valence-electron chi connectivity index (χ4n) is 2.59. The standard InChI is InChI=1S/C19H19ClN2O3/c1-2-13-4-3-5-16(8-13)25-11-15(23)10-22-12-21-18-9-14(20)6-7-17(18)19(22)24/h3-9,12,15,23H,2,10-11H2,1H3. The van der Waals surface area contributed by atoms with Gasteiger partial charge in [-0.05, 0) is 42.3 Å². The highest BCUT2D eigenvalue weighted by atomic mass is 35.5. The van der Waals surface area contributed by atoms with Crippen LogP contribution in [0.25, 0.3) is 10.9 Å². The van der Waals surface area contributed by atoms with Crippen LogP contribution in [0.4, 0.5) is 0 Å². The van der Waals surface area contributed by atoms with Gasteiger partial charge in [-0.2, -0.15) is 0 Å². The summed E-state index contributed by atoms with van der Waals surface area (Å²) in [6.07, 6.45) is 1.51. The summed E-state index contributed by atoms with van der Waals surface area (Å²) in [6.45, 7) is 2.27. The Balaban J connectivity index is 1.69. The molecule has 0 radical (unpaired) electrons. The number of aliphatic hydroxyl groups excluding tert-OH is 1. The zero-order valence-electron chi connectivity index (χ0n) is 13.9. The van der Waals surface area contributed by atoms with Crippen LogP contribution >= 0.6 is 11.6 Å². The van der Waals surface area contributed by atoms with Crippen LogP contribution in [-0.4, -0.2) is 27.4 Å². The Morgan fingerprint density at radius 1 is 1.28 bits per heavy atom. The number of nitrogens with zero attached hydrogens (tertiary/aromatic N) is 2. The van der Waals surface area contributed by atoms with Gasteiger partial charge in [0.15, 0.2) is 0 Å². The summed E-state index contributed by atoms with van der Waals surface area (Å²) in [4.78, 5) is 16.7. The molecule has 0 aliphatic heterocycles. The van der Waals surface area contributed by atoms with Crippen molar-refractivity contribution in [2.24, 2.45) is 0 Å². The summed E-state index contributed by atoms with van der Waals surface area (Å²) < 4.78 is 7.00. The molecule has 5 nitrogen and oxygen atoms in total. The third kappa shape index (κ3) is 4.18. The van der Waals surface area contributed by atoms with Crippen molar-refractivity contribution in [3.05, 3.63) is 69.7 Å². The first-order valence-electron chi connectivity index (χ1n) is 8.11. The predicted octanol–water partition coefficient (Wildman–Crippen LogP) is 3.05. The van der Waals surface area contributed by atoms with Crippen molar-refractivity contribution in [2.75, 3.05) is 6.61 Å². The molecule has 1 unspecified atom stereocenters. The van der Waals surface area contributed by atoms with Crippen molar-refractivity contribution in [3.8, 4) is 5.75 Å². The third-order valence-electron chi connectivity index (χ3n) is 3.94. The SMILES string of the molecule is CCc1cccc(OCC(O)Cn2cnc3cc(Cl)ccc3c2=O)c1. The number of rotatable bonds is 6. The topological polar surface area (TPSA) is 64.3 Å². The molecule has 1 atom stereocenters. The molecule has 0 spiro atoms. The second kappa shape index (κ2) is 7.68. The molecule has 1 aromatic heterocycles. The molecule has 3 aromatic rings. The van der Waals surface area contributed by atoms with E-state index < -0.39 is 6.10 Å². The Morgan fingerprint density at radius 2 is 2.12 bits per heavy atom. The van der Waals surface area contributed by atoms with Gasteiger partial charge in [0.1, 0.15) is 18.5 Å². The van der Waals surface area contributed by atoms with Crippen molar-refractivity contribution in [3.63, 3.8) is 0 Å². The van der Waals surface area contributed by atoms with E-state index in [0.717, 1.165) is 6.42 Å². The highest BCUT2D eigenvalue weighted by Gasteiger charge is 2.10. The number of halogens is 1. The number of fused-ring (bicyclic) bond motifs is 1. The van der Waals surface area contributed by atoms with E-state index in [1.165, 1.54) is 16.5 Å². The van der Waals surface area contributed by atoms with Gasteiger partial charge in [-0.1, -0.05) is 30.7 Å². The first-order chi connectivity index (χ1) is 12.1. The Hall–Kier alpha value is -2.37. The van der Waals surface area contributed by atoms with Gasteiger partial charge in [0.25, 0.3) is 5.56 Å². The van der Waals surface area contributed by atoms with E-state index in [4.69, 9.17) is 16.3 Å². The Morgan fingerprint density at radius 3 is 2.92 bits per heavy atom. The fourth-order valence-corrected chi connectivity index (χ4v) is 2.76. The van der Waals surface area contributed by atoms with E-state index in [1.807, 2.05) is 24.3 Å². The van der Waals surface area contributed by atoms with Crippen LogP contribution in [0.1, 0.15) is 12.5 Å². The predicted molar refractivity (Wildman–Crippen MR) is 98.3 cm³/mol. The smallest absolute Gasteiger partial charge is 0.261 e. The molecule has 0 saturated carbocycles. The molecule has 2 aromatic carbocycles. The average Bonchev–Trinajstić information content (AvgIpc) is 2.62. The summed E-state index contributed by atoms with van der Waals surface area (Å²) >= 11 is 5.91. The summed E-state index contributed by atoms with van der Waals surface area (Å²) in [7, 11) is 0. The largest absolute Gasteiger partial charge is 0.491 e. The maximum atomic E-state index is 12.5. The van der Waals surface area contributed by atoms with Gasteiger partial charge in [0.2, 0.25) is 0 Å². The van der Waals surface area contributed by atoms with Crippen LogP contribution in [0.2, 0.25) is 5.02 Å². The van der Waals surface area contributed by atoms with E-state index in [1.54, 1.807) is 18.2 Å². The lowest BCUT2D eigenvalue weighted by atomic mass is 10.2. The van der Waals surface area contributed by atoms with Crippen molar-refractivity contribution >= 4 is 22.5 Å². The minimum absolute atomic E-state index is 0.0955. The molecule has 0 bridgehead atoms. The summed E-state index contributed by atoms with van der Waals surface area (Å²) in [5.74, 6) is 0.706. The highest BCUT2D eigenvalue weighted by Crippen LogP contribution is 2.15. The van der Waals surface area contributed by atoms with Gasteiger partial charge in [0, 0.05) is 5.02 Å². The Bertz CT molecular complexity index is 939. The van der Waals surface area contributed by atoms with Gasteiger partial charge in [-0.3, -0.25) is 9.36 Å². The molecule has 0 amide bonds. The van der Waals surface area contributed by atoms with Crippen molar-refractivity contribution in [2.45, 2.75) is 26.0 Å². The molecular weight excluding hydrogens is 340 g/mol. The molecule has 25 heavy (non-hydrogen) atoms. The van der Waals surface area contributed by atoms with Crippen LogP contribution in [0.15, 0.2) is 53.6 Å². The van der Waals surface area contributed by atoms with Crippen LogP contribution < -0.4 is 10.3 Å². The minimum Gasteiger partial charge on any atom is -0.491 e. The zero-order chi connectivity index (χ0) is 17.8. The normalized spacial score (nSPS) is 12.3. The van der Waals surface area contributed by atoms with Crippen molar-refractivity contribution in [1.29, 1.82) is 0 Å². The number of aliphatic hydroxyl groups is 1. The molecule has 1 heterocycles. The maximum absolute atomic E-state index is 12.5. The van der Waals surface area contributed by atoms with Crippen LogP contribution in [-0.2, 0) is 13.0 Å². The molecule has 130 valence electrons. The quantitative estimate of drug-likeness (QED) is 0.735. The number of aromatic nitrogens is 2. The summed E-state index contributed by atoms with van der Waals surface area (Å²) in [6, 6.07) is 12.7. The highest BCUT2D eigenvalue weighted by molar-refractivity contribution is 6.31. The second-order valence-electron chi connectivity index (χ2n) is 5.83. The molecule has 1 N–H and O–H groups in total. The van der Waals surface area contributed by atoms with E-state index in [-0.39, 0.29) is 18.7 Å². The third-order valence-corrected chi connectivity index (χ3v) is 4.18. The zero-order valence-corrected chi connectivity index (χ0v) is 14.6. The second-order valence-corrected chi connectivity index (χ2v) is 6.27. The van der Waals surface area contributed by atoms with Crippen LogP contribution in [0.5, 0.6) is 5.75 Å². The number of benzene rings is 2. The molecule has 0 aliphatic carbocycles. The van der Waals surface area contributed by atoms with Gasteiger partial charge in [0.05, 0.1) is 23.8 Å². The molecule has 0 aliphatic rings. The molecular formula is C19H19ClN2O3. The molecule has 0 saturated heterocycles. The van der Waals surface area contributed by atoms with Gasteiger partial charge in [-0.15, -0.1) is 0 Å². The minimum atomic E-state index is -0.825. The lowest BCUT2D eigenvalue weighted by molar-refractivity contribution is 0.0914. The number of hydrogen-bond acceptors (Lipinski definition) is 4. The number of ether oxygens (including phenoxy) is 1. The molecule has 3 rings (SSSR count). The summed E-state index contributed by atoms with van der Waals surface area (Å²) in [5, 5.41) is 11.2. The number of aryl methyl sites for hydroxylation is 1. The lowest BCUT2D eigenvalue weighted by Crippen LogP contribution is -2.30. The first-order valence-corrected chi connectivity index (χ1v) is 8.49. The molecule has 6 heteroatoms. The van der Waals surface area contributed by atoms with Crippen molar-refractivity contribution < 1.29 is 9.84 Å². The molecule has 0 fully saturated rings. The van der Waals surface area contributed by atoms with Gasteiger partial charge >= 0.3 is 0 Å². The van der Waals surface area contributed by atoms with E-state index in [0.29, 0.717) is 21.7 Å². The average molecular weight is 359 g/mol. The summed E-state index contributed by atoms with van der Waals surface area (Å²) in [5.41, 5.74) is 1.49. The number of hydrogen-bond donors (Lipinski definition) is 1. The maximum Gasteiger partial charge on any atom is 0.261 e. The van der Waals surface area contributed by atoms with E-state index >= 15 is 0 Å². The fraction of sp³-hybridized carbons (Fsp3) is 0.263. The lowest BCUT2D eigenvalue weighted by Gasteiger charge is -2.14. The van der Waals surface area contributed by atoms with E-state index in [2.05, 4.69) is 11.9 Å². The van der Waals surface area contributed by atoms with Crippen LogP contribution in [0, 0.1) is 0 Å². The Kier molecular flexibility index (Phi) is 5.36. The van der Waals surface area contributed by atoms with Crippen molar-refractivity contribution in [1.82, 2.24) is 9.55 Å². The van der Waals surface area contributed by atoms with E-state index in [9.17, 15) is 9.90 Å². The van der Waals surface area contributed by atoms with Gasteiger partial charge < -0.3 is 9.84 Å².